The molecule has 1 saturated heterocycles. The van der Waals surface area contributed by atoms with Crippen LogP contribution in [0, 0.1) is 0 Å². The van der Waals surface area contributed by atoms with Crippen LogP contribution in [0.15, 0.2) is 35.6 Å². The number of benzene rings is 1. The highest BCUT2D eigenvalue weighted by Gasteiger charge is 2.38. The second-order valence-electron chi connectivity index (χ2n) is 11.1. The van der Waals surface area contributed by atoms with E-state index in [9.17, 15) is 19.2 Å². The van der Waals surface area contributed by atoms with Gasteiger partial charge in [0.25, 0.3) is 5.56 Å². The van der Waals surface area contributed by atoms with Crippen LogP contribution in [0.3, 0.4) is 0 Å². The highest BCUT2D eigenvalue weighted by atomic mass is 16.6. The van der Waals surface area contributed by atoms with Crippen molar-refractivity contribution in [1.82, 2.24) is 20.2 Å². The summed E-state index contributed by atoms with van der Waals surface area (Å²) in [4.78, 5) is 57.3. The monoisotopic (exact) mass is 586 g/mol. The lowest BCUT2D eigenvalue weighted by molar-refractivity contribution is -0.151. The maximum Gasteiger partial charge on any atom is 0.408 e. The Balaban J connectivity index is 0.000000343. The van der Waals surface area contributed by atoms with E-state index in [4.69, 9.17) is 14.2 Å². The zero-order valence-electron chi connectivity index (χ0n) is 25.8. The molecule has 0 spiro atoms. The molecule has 1 aromatic carbocycles. The van der Waals surface area contributed by atoms with E-state index in [2.05, 4.69) is 21.9 Å². The van der Waals surface area contributed by atoms with E-state index in [1.54, 1.807) is 33.9 Å². The van der Waals surface area contributed by atoms with E-state index in [1.165, 1.54) is 12.0 Å². The molecule has 2 aromatic rings. The number of carbonyl (C=O) groups excluding carboxylic acids is 3. The number of nitrogens with one attached hydrogen (secondary N) is 2. The first-order chi connectivity index (χ1) is 19.9. The van der Waals surface area contributed by atoms with Crippen molar-refractivity contribution in [2.75, 3.05) is 20.8 Å². The number of hydrogen-bond acceptors (Lipinski definition) is 8. The number of aromatic nitrogens is 2. The quantitative estimate of drug-likeness (QED) is 0.220. The number of amides is 2. The minimum absolute atomic E-state index is 0.127. The third kappa shape index (κ3) is 10.5. The molecule has 11 heteroatoms. The predicted octanol–water partition coefficient (Wildman–Crippen LogP) is 4.67. The highest BCUT2D eigenvalue weighted by molar-refractivity contribution is 5.90. The second kappa shape index (κ2) is 16.5. The Kier molecular flexibility index (Phi) is 13.5. The molecule has 3 rings (SSSR count). The van der Waals surface area contributed by atoms with Gasteiger partial charge in [-0.05, 0) is 71.4 Å². The summed E-state index contributed by atoms with van der Waals surface area (Å²) in [5, 5.41) is 2.69. The first-order valence-electron chi connectivity index (χ1n) is 14.5. The summed E-state index contributed by atoms with van der Waals surface area (Å²) >= 11 is 0. The van der Waals surface area contributed by atoms with E-state index in [0.717, 1.165) is 37.6 Å². The number of ether oxygens (including phenoxy) is 3. The van der Waals surface area contributed by atoms with Crippen LogP contribution in [0.4, 0.5) is 4.79 Å². The van der Waals surface area contributed by atoms with Crippen LogP contribution in [0.2, 0.25) is 0 Å². The van der Waals surface area contributed by atoms with Gasteiger partial charge in [-0.2, -0.15) is 0 Å². The molecule has 0 bridgehead atoms. The van der Waals surface area contributed by atoms with Crippen molar-refractivity contribution in [2.45, 2.75) is 96.7 Å². The smallest absolute Gasteiger partial charge is 0.408 e. The number of alkyl carbamates (subject to hydrolysis) is 1. The van der Waals surface area contributed by atoms with Gasteiger partial charge in [-0.1, -0.05) is 25.8 Å². The number of H-pyrrole nitrogens is 1. The number of allylic oxidation sites excluding steroid dienone is 1. The summed E-state index contributed by atoms with van der Waals surface area (Å²) in [5.74, 6) is 0.0459. The number of carbonyl (C=O) groups is 3. The van der Waals surface area contributed by atoms with Crippen LogP contribution < -0.4 is 15.6 Å². The second-order valence-corrected chi connectivity index (χ2v) is 11.1. The molecular weight excluding hydrogens is 540 g/mol. The van der Waals surface area contributed by atoms with Gasteiger partial charge in [0.2, 0.25) is 5.91 Å². The van der Waals surface area contributed by atoms with E-state index in [1.807, 2.05) is 25.1 Å². The Morgan fingerprint density at radius 2 is 1.95 bits per heavy atom. The first kappa shape index (κ1) is 34.3. The fraction of sp³-hybridized carbons (Fsp3) is 0.581. The number of unbranched alkanes of at least 4 members (excludes halogenated alkanes) is 3. The van der Waals surface area contributed by atoms with Crippen LogP contribution in [-0.2, 0) is 25.5 Å². The molecule has 232 valence electrons. The van der Waals surface area contributed by atoms with Crippen LogP contribution in [0.5, 0.6) is 5.75 Å². The SMILES string of the molecule is C=CCCCCC[C@H](NC(=O)OC(C)(C)C)C(=O)N1CCCC1C(=O)OC.CCc1nc2ccc(OC)cc2[nH]c1=O. The van der Waals surface area contributed by atoms with Gasteiger partial charge in [0.1, 0.15) is 29.1 Å². The Morgan fingerprint density at radius 3 is 2.57 bits per heavy atom. The van der Waals surface area contributed by atoms with Crippen LogP contribution in [0.1, 0.15) is 78.3 Å². The number of aromatic amines is 1. The summed E-state index contributed by atoms with van der Waals surface area (Å²) < 4.78 is 15.2. The number of fused-ring (bicyclic) bond motifs is 1. The lowest BCUT2D eigenvalue weighted by Gasteiger charge is -2.29. The number of esters is 1. The number of rotatable bonds is 11. The Bertz CT molecular complexity index is 1270. The molecule has 2 heterocycles. The molecule has 1 unspecified atom stereocenters. The Labute approximate surface area is 248 Å². The topological polar surface area (TPSA) is 140 Å². The van der Waals surface area contributed by atoms with Crippen LogP contribution >= 0.6 is 0 Å². The third-order valence-electron chi connectivity index (χ3n) is 6.70. The average molecular weight is 587 g/mol. The van der Waals surface area contributed by atoms with E-state index < -0.39 is 29.7 Å². The van der Waals surface area contributed by atoms with E-state index >= 15 is 0 Å². The molecule has 2 N–H and O–H groups in total. The van der Waals surface area contributed by atoms with Crippen molar-refractivity contribution in [3.63, 3.8) is 0 Å². The molecule has 2 atom stereocenters. The van der Waals surface area contributed by atoms with Gasteiger partial charge < -0.3 is 29.4 Å². The van der Waals surface area contributed by atoms with Gasteiger partial charge in [0.05, 0.1) is 25.3 Å². The number of aryl methyl sites for hydroxylation is 1. The third-order valence-corrected chi connectivity index (χ3v) is 6.70. The molecule has 0 saturated carbocycles. The summed E-state index contributed by atoms with van der Waals surface area (Å²) in [5.41, 5.74) is 1.28. The van der Waals surface area contributed by atoms with Crippen molar-refractivity contribution >= 4 is 29.0 Å². The molecular formula is C31H46N4O7. The van der Waals surface area contributed by atoms with Crippen molar-refractivity contribution in [3.8, 4) is 5.75 Å². The van der Waals surface area contributed by atoms with E-state index in [0.29, 0.717) is 42.8 Å². The lowest BCUT2D eigenvalue weighted by Crippen LogP contribution is -2.52. The van der Waals surface area contributed by atoms with Gasteiger partial charge in [-0.25, -0.2) is 14.6 Å². The van der Waals surface area contributed by atoms with E-state index in [-0.39, 0.29) is 11.5 Å². The molecule has 42 heavy (non-hydrogen) atoms. The van der Waals surface area contributed by atoms with Gasteiger partial charge in [0.15, 0.2) is 0 Å². The lowest BCUT2D eigenvalue weighted by atomic mass is 10.1. The molecule has 1 fully saturated rings. The zero-order chi connectivity index (χ0) is 31.3. The molecule has 2 amide bonds. The largest absolute Gasteiger partial charge is 0.497 e. The Hall–Kier alpha value is -3.89. The van der Waals surface area contributed by atoms with Gasteiger partial charge in [0, 0.05) is 12.6 Å². The van der Waals surface area contributed by atoms with Gasteiger partial charge in [-0.3, -0.25) is 9.59 Å². The molecule has 1 aromatic heterocycles. The van der Waals surface area contributed by atoms with Crippen molar-refractivity contribution < 1.29 is 28.6 Å². The number of likely N-dealkylation sites (tertiary alicyclic amines) is 1. The average Bonchev–Trinajstić information content (AvgIpc) is 3.44. The van der Waals surface area contributed by atoms with Gasteiger partial charge in [-0.15, -0.1) is 6.58 Å². The first-order valence-corrected chi connectivity index (χ1v) is 14.5. The molecule has 11 nitrogen and oxygen atoms in total. The highest BCUT2D eigenvalue weighted by Crippen LogP contribution is 2.21. The summed E-state index contributed by atoms with van der Waals surface area (Å²) in [6.45, 7) is 11.4. The summed E-state index contributed by atoms with van der Waals surface area (Å²) in [6.07, 6.45) is 7.34. The maximum absolute atomic E-state index is 13.0. The molecule has 0 aliphatic carbocycles. The maximum atomic E-state index is 13.0. The molecule has 1 aliphatic heterocycles. The normalized spacial score (nSPS) is 15.3. The fourth-order valence-electron chi connectivity index (χ4n) is 4.60. The van der Waals surface area contributed by atoms with Crippen molar-refractivity contribution in [3.05, 3.63) is 46.9 Å². The van der Waals surface area contributed by atoms with Crippen molar-refractivity contribution in [2.24, 2.45) is 0 Å². The van der Waals surface area contributed by atoms with Crippen LogP contribution in [-0.4, -0.2) is 71.3 Å². The summed E-state index contributed by atoms with van der Waals surface area (Å²) in [6, 6.07) is 4.14. The van der Waals surface area contributed by atoms with Crippen molar-refractivity contribution in [1.29, 1.82) is 0 Å². The van der Waals surface area contributed by atoms with Crippen LogP contribution in [0.25, 0.3) is 11.0 Å². The van der Waals surface area contributed by atoms with Gasteiger partial charge >= 0.3 is 12.1 Å². The standard InChI is InChI=1S/C20H34N2O5.C11H12N2O2/c1-6-7-8-9-10-12-15(21-19(25)27-20(2,3)4)17(23)22-14-11-13-16(22)18(24)26-5;1-3-8-11(14)13-10-6-7(15-2)4-5-9(10)12-8/h6,15-16H,1,7-14H2,2-5H3,(H,21,25);4-6H,3H2,1-2H3,(H,13,14)/t15-,16?;/m0./s1. The predicted molar refractivity (Wildman–Crippen MR) is 161 cm³/mol. The minimum Gasteiger partial charge on any atom is -0.497 e. The number of nitrogens with zero attached hydrogens (tertiary/aromatic N) is 2. The fourth-order valence-corrected chi connectivity index (χ4v) is 4.60. The minimum atomic E-state index is -0.714. The molecule has 0 radical (unpaired) electrons. The summed E-state index contributed by atoms with van der Waals surface area (Å²) in [7, 11) is 2.91. The Morgan fingerprint density at radius 1 is 1.21 bits per heavy atom. The number of hydrogen-bond donors (Lipinski definition) is 2. The zero-order valence-corrected chi connectivity index (χ0v) is 25.8. The number of methoxy groups -OCH3 is 2. The molecule has 1 aliphatic rings.